The molecule has 52 valence electrons. The quantitative estimate of drug-likeness (QED) is 0.513. The summed E-state index contributed by atoms with van der Waals surface area (Å²) < 4.78 is 0. The standard InChI is InChI=1S/C8H10N2/c1-2-7-3-5-9-6-8(7)10-4-1/h1,3-4,6,9-10H,2,5H2. The lowest BCUT2D eigenvalue weighted by Gasteiger charge is -2.19. The summed E-state index contributed by atoms with van der Waals surface area (Å²) in [6.07, 6.45) is 9.43. The predicted molar refractivity (Wildman–Crippen MR) is 41.1 cm³/mol. The molecule has 2 aliphatic rings. The maximum absolute atomic E-state index is 3.17. The Bertz CT molecular complexity index is 199. The van der Waals surface area contributed by atoms with Gasteiger partial charge in [0.05, 0.1) is 5.70 Å². The van der Waals surface area contributed by atoms with Gasteiger partial charge in [0.15, 0.2) is 0 Å². The van der Waals surface area contributed by atoms with E-state index in [4.69, 9.17) is 0 Å². The van der Waals surface area contributed by atoms with E-state index in [1.54, 1.807) is 0 Å². The van der Waals surface area contributed by atoms with Gasteiger partial charge in [-0.2, -0.15) is 0 Å². The first-order valence-corrected chi connectivity index (χ1v) is 3.51. The highest BCUT2D eigenvalue weighted by Gasteiger charge is 2.07. The molecular formula is C8H10N2. The van der Waals surface area contributed by atoms with Gasteiger partial charge in [-0.1, -0.05) is 12.2 Å². The second kappa shape index (κ2) is 2.21. The van der Waals surface area contributed by atoms with Crippen LogP contribution in [-0.2, 0) is 0 Å². The van der Waals surface area contributed by atoms with Gasteiger partial charge in [0.1, 0.15) is 0 Å². The Morgan fingerprint density at radius 2 is 2.40 bits per heavy atom. The summed E-state index contributed by atoms with van der Waals surface area (Å²) >= 11 is 0. The second-order valence-electron chi connectivity index (χ2n) is 2.45. The summed E-state index contributed by atoms with van der Waals surface area (Å²) in [4.78, 5) is 0. The van der Waals surface area contributed by atoms with Crippen LogP contribution in [-0.4, -0.2) is 6.54 Å². The smallest absolute Gasteiger partial charge is 0.0572 e. The van der Waals surface area contributed by atoms with Gasteiger partial charge >= 0.3 is 0 Å². The molecule has 0 atom stereocenters. The fourth-order valence-corrected chi connectivity index (χ4v) is 1.21. The fraction of sp³-hybridized carbons (Fsp3) is 0.250. The molecule has 0 aromatic carbocycles. The fourth-order valence-electron chi connectivity index (χ4n) is 1.21. The zero-order chi connectivity index (χ0) is 6.81. The number of allylic oxidation sites excluding steroid dienone is 2. The Labute approximate surface area is 60.3 Å². The highest BCUT2D eigenvalue weighted by atomic mass is 14.9. The summed E-state index contributed by atoms with van der Waals surface area (Å²) in [5.74, 6) is 0. The number of hydrogen-bond acceptors (Lipinski definition) is 2. The minimum Gasteiger partial charge on any atom is -0.386 e. The molecule has 0 bridgehead atoms. The molecule has 0 aliphatic carbocycles. The van der Waals surface area contributed by atoms with Gasteiger partial charge < -0.3 is 10.6 Å². The third kappa shape index (κ3) is 0.817. The van der Waals surface area contributed by atoms with E-state index in [0.29, 0.717) is 0 Å². The number of dihydropyridines is 1. The molecule has 0 unspecified atom stereocenters. The first kappa shape index (κ1) is 5.59. The molecule has 0 spiro atoms. The van der Waals surface area contributed by atoms with E-state index in [2.05, 4.69) is 22.8 Å². The average molecular weight is 134 g/mol. The molecule has 0 fully saturated rings. The largest absolute Gasteiger partial charge is 0.386 e. The number of hydrogen-bond donors (Lipinski definition) is 2. The van der Waals surface area contributed by atoms with Crippen LogP contribution in [0.5, 0.6) is 0 Å². The van der Waals surface area contributed by atoms with Crippen LogP contribution in [0.15, 0.2) is 35.8 Å². The van der Waals surface area contributed by atoms with Crippen molar-refractivity contribution < 1.29 is 0 Å². The molecule has 0 aromatic rings. The first-order chi connectivity index (χ1) is 4.97. The average Bonchev–Trinajstić information content (AvgIpc) is 2.05. The molecule has 0 amide bonds. The molecule has 2 N–H and O–H groups in total. The molecule has 0 saturated carbocycles. The maximum Gasteiger partial charge on any atom is 0.0572 e. The zero-order valence-electron chi connectivity index (χ0n) is 5.72. The number of fused-ring (bicyclic) bond motifs is 1. The number of nitrogens with one attached hydrogen (secondary N) is 2. The molecule has 2 nitrogen and oxygen atoms in total. The molecule has 2 heterocycles. The lowest BCUT2D eigenvalue weighted by molar-refractivity contribution is 0.863. The first-order valence-electron chi connectivity index (χ1n) is 3.51. The minimum absolute atomic E-state index is 0.967. The van der Waals surface area contributed by atoms with Crippen LogP contribution >= 0.6 is 0 Å². The molecule has 0 saturated heterocycles. The van der Waals surface area contributed by atoms with Gasteiger partial charge in [-0.3, -0.25) is 0 Å². The Morgan fingerprint density at radius 3 is 3.30 bits per heavy atom. The van der Waals surface area contributed by atoms with E-state index in [1.807, 2.05) is 12.4 Å². The van der Waals surface area contributed by atoms with Crippen molar-refractivity contribution in [1.82, 2.24) is 10.6 Å². The molecular weight excluding hydrogens is 124 g/mol. The third-order valence-electron chi connectivity index (χ3n) is 1.75. The predicted octanol–water partition coefficient (Wildman–Crippen LogP) is 0.864. The van der Waals surface area contributed by atoms with E-state index >= 15 is 0 Å². The molecule has 2 aliphatic heterocycles. The molecule has 2 heteroatoms. The van der Waals surface area contributed by atoms with E-state index < -0.39 is 0 Å². The Morgan fingerprint density at radius 1 is 1.40 bits per heavy atom. The van der Waals surface area contributed by atoms with Crippen molar-refractivity contribution in [3.05, 3.63) is 35.8 Å². The van der Waals surface area contributed by atoms with Crippen LogP contribution in [0.2, 0.25) is 0 Å². The topological polar surface area (TPSA) is 24.1 Å². The lowest BCUT2D eigenvalue weighted by Crippen LogP contribution is -2.21. The highest BCUT2D eigenvalue weighted by molar-refractivity contribution is 5.37. The second-order valence-corrected chi connectivity index (χ2v) is 2.45. The summed E-state index contributed by atoms with van der Waals surface area (Å²) in [5, 5.41) is 6.32. The van der Waals surface area contributed by atoms with E-state index in [0.717, 1.165) is 13.0 Å². The van der Waals surface area contributed by atoms with Gasteiger partial charge in [-0.25, -0.2) is 0 Å². The van der Waals surface area contributed by atoms with E-state index in [1.165, 1.54) is 11.3 Å². The van der Waals surface area contributed by atoms with Gasteiger partial charge in [0.2, 0.25) is 0 Å². The number of rotatable bonds is 0. The van der Waals surface area contributed by atoms with Gasteiger partial charge in [0.25, 0.3) is 0 Å². The summed E-state index contributed by atoms with van der Waals surface area (Å²) in [6, 6.07) is 0. The Balaban J connectivity index is 2.30. The SMILES string of the molecule is C1=CNC2=CNCC=C2C1. The monoisotopic (exact) mass is 134 g/mol. The Kier molecular flexibility index (Phi) is 1.24. The van der Waals surface area contributed by atoms with Crippen LogP contribution in [0, 0.1) is 0 Å². The van der Waals surface area contributed by atoms with Crippen LogP contribution in [0.25, 0.3) is 0 Å². The molecule has 10 heavy (non-hydrogen) atoms. The highest BCUT2D eigenvalue weighted by Crippen LogP contribution is 2.16. The van der Waals surface area contributed by atoms with Crippen LogP contribution in [0.1, 0.15) is 6.42 Å². The van der Waals surface area contributed by atoms with Crippen molar-refractivity contribution in [3.8, 4) is 0 Å². The van der Waals surface area contributed by atoms with Crippen molar-refractivity contribution in [2.45, 2.75) is 6.42 Å². The summed E-state index contributed by atoms with van der Waals surface area (Å²) in [7, 11) is 0. The molecule has 0 radical (unpaired) electrons. The third-order valence-corrected chi connectivity index (χ3v) is 1.75. The minimum atomic E-state index is 0.967. The van der Waals surface area contributed by atoms with Crippen molar-refractivity contribution in [2.75, 3.05) is 6.54 Å². The summed E-state index contributed by atoms with van der Waals surface area (Å²) in [5.41, 5.74) is 2.62. The van der Waals surface area contributed by atoms with Crippen molar-refractivity contribution >= 4 is 0 Å². The van der Waals surface area contributed by atoms with Crippen LogP contribution < -0.4 is 10.6 Å². The maximum atomic E-state index is 3.17. The van der Waals surface area contributed by atoms with Crippen molar-refractivity contribution in [2.24, 2.45) is 0 Å². The zero-order valence-corrected chi connectivity index (χ0v) is 5.72. The normalized spacial score (nSPS) is 21.6. The molecule has 2 rings (SSSR count). The Hall–Kier alpha value is -1.18. The van der Waals surface area contributed by atoms with Gasteiger partial charge in [-0.15, -0.1) is 0 Å². The van der Waals surface area contributed by atoms with E-state index in [-0.39, 0.29) is 0 Å². The lowest BCUT2D eigenvalue weighted by atomic mass is 10.1. The van der Waals surface area contributed by atoms with Crippen LogP contribution in [0.4, 0.5) is 0 Å². The van der Waals surface area contributed by atoms with E-state index in [9.17, 15) is 0 Å². The van der Waals surface area contributed by atoms with Gasteiger partial charge in [0, 0.05) is 12.7 Å². The summed E-state index contributed by atoms with van der Waals surface area (Å²) in [6.45, 7) is 0.967. The van der Waals surface area contributed by atoms with Gasteiger partial charge in [-0.05, 0) is 18.2 Å². The van der Waals surface area contributed by atoms with Crippen molar-refractivity contribution in [1.29, 1.82) is 0 Å². The van der Waals surface area contributed by atoms with Crippen molar-refractivity contribution in [3.63, 3.8) is 0 Å². The molecule has 0 aromatic heterocycles. The van der Waals surface area contributed by atoms with Crippen LogP contribution in [0.3, 0.4) is 0 Å².